The van der Waals surface area contributed by atoms with Gasteiger partial charge in [0, 0.05) is 43.3 Å². The summed E-state index contributed by atoms with van der Waals surface area (Å²) in [5, 5.41) is 17.6. The van der Waals surface area contributed by atoms with Crippen LogP contribution < -0.4 is 5.32 Å². The van der Waals surface area contributed by atoms with Crippen molar-refractivity contribution in [1.29, 1.82) is 0 Å². The number of rotatable bonds is 14. The van der Waals surface area contributed by atoms with E-state index in [1.165, 1.54) is 32.1 Å². The molecule has 4 rings (SSSR count). The molecule has 2 amide bonds. The first-order chi connectivity index (χ1) is 19.6. The minimum Gasteiger partial charge on any atom is -0.354 e. The molecule has 1 saturated carbocycles. The Hall–Kier alpha value is -3.20. The molecule has 2 N–H and O–H groups in total. The number of H-pyrrole nitrogens is 1. The van der Waals surface area contributed by atoms with E-state index in [0.29, 0.717) is 43.6 Å². The highest BCUT2D eigenvalue weighted by atomic mass is 32.1. The average Bonchev–Trinajstić information content (AvgIpc) is 3.54. The van der Waals surface area contributed by atoms with Gasteiger partial charge in [0.05, 0.1) is 0 Å². The van der Waals surface area contributed by atoms with Crippen LogP contribution in [0.4, 0.5) is 0 Å². The predicted molar refractivity (Wildman–Crippen MR) is 162 cm³/mol. The largest absolute Gasteiger partial charge is 0.354 e. The van der Waals surface area contributed by atoms with Crippen molar-refractivity contribution < 1.29 is 9.59 Å². The molecule has 1 aromatic heterocycles. The molecule has 1 aliphatic carbocycles. The van der Waals surface area contributed by atoms with Gasteiger partial charge in [-0.1, -0.05) is 94.0 Å². The smallest absolute Gasteiger partial charge is 0.224 e. The zero-order valence-corrected chi connectivity index (χ0v) is 24.4. The van der Waals surface area contributed by atoms with Gasteiger partial charge in [0.15, 0.2) is 0 Å². The van der Waals surface area contributed by atoms with Crippen LogP contribution in [0.1, 0.15) is 70.3 Å². The second kappa shape index (κ2) is 15.6. The van der Waals surface area contributed by atoms with Crippen molar-refractivity contribution in [3.63, 3.8) is 0 Å². The molecule has 0 saturated heterocycles. The summed E-state index contributed by atoms with van der Waals surface area (Å²) >= 11 is 4.48. The van der Waals surface area contributed by atoms with Gasteiger partial charge in [-0.05, 0) is 40.7 Å². The lowest BCUT2D eigenvalue weighted by atomic mass is 9.83. The van der Waals surface area contributed by atoms with Crippen molar-refractivity contribution in [2.45, 2.75) is 71.3 Å². The van der Waals surface area contributed by atoms with Gasteiger partial charge in [-0.2, -0.15) is 17.8 Å². The number of carbonyl (C=O) groups excluding carboxylic acids is 2. The van der Waals surface area contributed by atoms with Crippen molar-refractivity contribution in [3.8, 4) is 22.5 Å². The molecule has 1 atom stereocenters. The third-order valence-electron chi connectivity index (χ3n) is 7.86. The molecule has 40 heavy (non-hydrogen) atoms. The molecule has 0 bridgehead atoms. The molecular weight excluding hydrogens is 520 g/mol. The number of tetrazole rings is 1. The number of amides is 2. The standard InChI is InChI=1S/C31H42N6O2S/c1-2-3-13-29(38)37(19-18-32-31(39)26(22-40)20-23-9-5-4-6-10-23)21-24-14-16-25(17-15-24)27-11-7-8-12-28(27)30-33-35-36-34-30/h7-8,11-12,14-17,23,26,40H,2-6,9-10,13,18-22H2,1H3,(H,32,39)(H,33,34,35,36). The number of unbranched alkanes of at least 4 members (excludes halogenated alkanes) is 1. The van der Waals surface area contributed by atoms with Crippen molar-refractivity contribution in [3.05, 3.63) is 54.1 Å². The molecule has 1 unspecified atom stereocenters. The van der Waals surface area contributed by atoms with Crippen molar-refractivity contribution in [1.82, 2.24) is 30.8 Å². The molecule has 1 heterocycles. The van der Waals surface area contributed by atoms with E-state index >= 15 is 0 Å². The zero-order valence-electron chi connectivity index (χ0n) is 23.5. The van der Waals surface area contributed by atoms with Crippen LogP contribution >= 0.6 is 12.6 Å². The molecule has 214 valence electrons. The number of carbonyl (C=O) groups is 2. The van der Waals surface area contributed by atoms with Crippen LogP contribution in [0, 0.1) is 11.8 Å². The molecule has 8 nitrogen and oxygen atoms in total. The van der Waals surface area contributed by atoms with Crippen LogP contribution in [0.5, 0.6) is 0 Å². The van der Waals surface area contributed by atoms with Gasteiger partial charge in [-0.25, -0.2) is 0 Å². The Morgan fingerprint density at radius 2 is 1.82 bits per heavy atom. The number of hydrogen-bond donors (Lipinski definition) is 3. The summed E-state index contributed by atoms with van der Waals surface area (Å²) < 4.78 is 0. The molecule has 2 aromatic carbocycles. The van der Waals surface area contributed by atoms with E-state index in [2.05, 4.69) is 69.8 Å². The lowest BCUT2D eigenvalue weighted by molar-refractivity contribution is -0.132. The Balaban J connectivity index is 1.37. The van der Waals surface area contributed by atoms with Crippen LogP contribution in [0.15, 0.2) is 48.5 Å². The third-order valence-corrected chi connectivity index (χ3v) is 8.30. The quantitative estimate of drug-likeness (QED) is 0.219. The van der Waals surface area contributed by atoms with Gasteiger partial charge >= 0.3 is 0 Å². The average molecular weight is 563 g/mol. The maximum absolute atomic E-state index is 13.1. The molecule has 1 fully saturated rings. The highest BCUT2D eigenvalue weighted by Gasteiger charge is 2.23. The minimum absolute atomic E-state index is 0.0613. The number of aromatic nitrogens is 4. The third kappa shape index (κ3) is 8.40. The fourth-order valence-electron chi connectivity index (χ4n) is 5.54. The Morgan fingerprint density at radius 3 is 2.50 bits per heavy atom. The fourth-order valence-corrected chi connectivity index (χ4v) is 5.86. The van der Waals surface area contributed by atoms with Crippen LogP contribution in [-0.4, -0.2) is 56.2 Å². The maximum Gasteiger partial charge on any atom is 0.224 e. The first kappa shape index (κ1) is 29.8. The van der Waals surface area contributed by atoms with E-state index in [4.69, 9.17) is 0 Å². The van der Waals surface area contributed by atoms with Crippen LogP contribution in [0.25, 0.3) is 22.5 Å². The van der Waals surface area contributed by atoms with E-state index < -0.39 is 0 Å². The van der Waals surface area contributed by atoms with Crippen LogP contribution in [0.2, 0.25) is 0 Å². The lowest BCUT2D eigenvalue weighted by Crippen LogP contribution is -2.40. The van der Waals surface area contributed by atoms with E-state index in [9.17, 15) is 9.59 Å². The Morgan fingerprint density at radius 1 is 1.07 bits per heavy atom. The minimum atomic E-state index is -0.0708. The topological polar surface area (TPSA) is 104 Å². The first-order valence-electron chi connectivity index (χ1n) is 14.7. The molecule has 0 radical (unpaired) electrons. The molecule has 0 spiro atoms. The number of nitrogens with one attached hydrogen (secondary N) is 2. The van der Waals surface area contributed by atoms with Crippen molar-refractivity contribution in [2.75, 3.05) is 18.8 Å². The number of thiol groups is 1. The van der Waals surface area contributed by atoms with Gasteiger partial charge in [-0.15, -0.1) is 10.2 Å². The molecular formula is C31H42N6O2S. The number of benzene rings is 2. The van der Waals surface area contributed by atoms with Crippen molar-refractivity contribution >= 4 is 24.4 Å². The second-order valence-electron chi connectivity index (χ2n) is 10.8. The summed E-state index contributed by atoms with van der Waals surface area (Å²) in [6, 6.07) is 16.2. The molecule has 1 aliphatic rings. The summed E-state index contributed by atoms with van der Waals surface area (Å²) in [5.74, 6) is 1.85. The predicted octanol–water partition coefficient (Wildman–Crippen LogP) is 5.69. The fraction of sp³-hybridized carbons (Fsp3) is 0.516. The van der Waals surface area contributed by atoms with Gasteiger partial charge in [-0.3, -0.25) is 9.59 Å². The summed E-state index contributed by atoms with van der Waals surface area (Å²) in [7, 11) is 0. The highest BCUT2D eigenvalue weighted by molar-refractivity contribution is 7.80. The number of hydrogen-bond acceptors (Lipinski definition) is 6. The van der Waals surface area contributed by atoms with E-state index in [-0.39, 0.29) is 17.7 Å². The first-order valence-corrected chi connectivity index (χ1v) is 15.3. The maximum atomic E-state index is 13.1. The normalized spacial score (nSPS) is 14.6. The van der Waals surface area contributed by atoms with Crippen molar-refractivity contribution in [2.24, 2.45) is 11.8 Å². The highest BCUT2D eigenvalue weighted by Crippen LogP contribution is 2.31. The van der Waals surface area contributed by atoms with Crippen LogP contribution in [-0.2, 0) is 16.1 Å². The van der Waals surface area contributed by atoms with E-state index in [0.717, 1.165) is 41.5 Å². The second-order valence-corrected chi connectivity index (χ2v) is 11.2. The summed E-state index contributed by atoms with van der Waals surface area (Å²) in [6.07, 6.45) is 9.55. The van der Waals surface area contributed by atoms with Gasteiger partial charge in [0.2, 0.25) is 17.6 Å². The summed E-state index contributed by atoms with van der Waals surface area (Å²) in [6.45, 7) is 3.53. The van der Waals surface area contributed by atoms with Gasteiger partial charge in [0.25, 0.3) is 0 Å². The Bertz CT molecular complexity index is 1190. The monoisotopic (exact) mass is 562 g/mol. The van der Waals surface area contributed by atoms with Gasteiger partial charge < -0.3 is 10.2 Å². The Labute approximate surface area is 243 Å². The molecule has 9 heteroatoms. The number of aromatic amines is 1. The summed E-state index contributed by atoms with van der Waals surface area (Å²) in [4.78, 5) is 27.9. The SMILES string of the molecule is CCCCC(=O)N(CCNC(=O)C(CS)CC1CCCCC1)Cc1ccc(-c2ccccc2-c2nn[nH]n2)cc1. The molecule has 0 aliphatic heterocycles. The van der Waals surface area contributed by atoms with Gasteiger partial charge in [0.1, 0.15) is 0 Å². The zero-order chi connectivity index (χ0) is 28.2. The summed E-state index contributed by atoms with van der Waals surface area (Å²) in [5.41, 5.74) is 4.00. The lowest BCUT2D eigenvalue weighted by Gasteiger charge is -2.26. The van der Waals surface area contributed by atoms with E-state index in [1.807, 2.05) is 29.2 Å². The van der Waals surface area contributed by atoms with Crippen LogP contribution in [0.3, 0.4) is 0 Å². The molecule has 3 aromatic rings. The Kier molecular flexibility index (Phi) is 11.6. The number of nitrogens with zero attached hydrogens (tertiary/aromatic N) is 4. The van der Waals surface area contributed by atoms with E-state index in [1.54, 1.807) is 0 Å².